The van der Waals surface area contributed by atoms with Crippen molar-refractivity contribution in [1.82, 2.24) is 10.2 Å². The van der Waals surface area contributed by atoms with E-state index in [0.29, 0.717) is 25.1 Å². The van der Waals surface area contributed by atoms with Crippen molar-refractivity contribution in [2.24, 2.45) is 0 Å². The van der Waals surface area contributed by atoms with Gasteiger partial charge in [-0.3, -0.25) is 13.9 Å². The minimum absolute atomic E-state index is 0.137. The molecule has 1 unspecified atom stereocenters. The number of carbonyl (C=O) groups excluding carboxylic acids is 2. The Kier molecular flexibility index (Phi) is 9.26. The molecule has 174 valence electrons. The third-order valence-corrected chi connectivity index (χ3v) is 6.46. The molecule has 32 heavy (non-hydrogen) atoms. The number of hydrogen-bond donors (Lipinski definition) is 1. The fourth-order valence-electron chi connectivity index (χ4n) is 3.69. The van der Waals surface area contributed by atoms with Crippen molar-refractivity contribution in [3.8, 4) is 0 Å². The zero-order chi connectivity index (χ0) is 23.7. The summed E-state index contributed by atoms with van der Waals surface area (Å²) < 4.78 is 25.9. The van der Waals surface area contributed by atoms with E-state index in [2.05, 4.69) is 5.32 Å². The molecule has 0 aromatic heterocycles. The lowest BCUT2D eigenvalue weighted by atomic mass is 10.1. The molecule has 2 aromatic rings. The standard InChI is InChI=1S/C24H33N3O4S/c1-5-22(24(29)25-3)26(18-20-12-9-11-19(2)17-20)23(28)15-10-16-27(32(4,30)31)21-13-7-6-8-14-21/h6-9,11-14,17,22H,5,10,15-16,18H2,1-4H3,(H,25,29). The second kappa shape index (κ2) is 11.7. The van der Waals surface area contributed by atoms with Crippen LogP contribution in [0.2, 0.25) is 0 Å². The summed E-state index contributed by atoms with van der Waals surface area (Å²) in [4.78, 5) is 27.2. The van der Waals surface area contributed by atoms with E-state index in [1.807, 2.05) is 44.2 Å². The van der Waals surface area contributed by atoms with E-state index in [4.69, 9.17) is 0 Å². The van der Waals surface area contributed by atoms with Crippen molar-refractivity contribution < 1.29 is 18.0 Å². The van der Waals surface area contributed by atoms with E-state index in [1.54, 1.807) is 36.2 Å². The zero-order valence-corrected chi connectivity index (χ0v) is 20.1. The van der Waals surface area contributed by atoms with E-state index >= 15 is 0 Å². The summed E-state index contributed by atoms with van der Waals surface area (Å²) in [5.74, 6) is -0.390. The molecule has 0 bridgehead atoms. The maximum atomic E-state index is 13.2. The van der Waals surface area contributed by atoms with E-state index in [1.165, 1.54) is 4.31 Å². The van der Waals surface area contributed by atoms with Gasteiger partial charge in [0.25, 0.3) is 0 Å². The molecule has 7 nitrogen and oxygen atoms in total. The first-order valence-electron chi connectivity index (χ1n) is 10.8. The Morgan fingerprint density at radius 3 is 2.31 bits per heavy atom. The second-order valence-corrected chi connectivity index (χ2v) is 9.73. The van der Waals surface area contributed by atoms with E-state index in [9.17, 15) is 18.0 Å². The van der Waals surface area contributed by atoms with Crippen LogP contribution in [0.15, 0.2) is 54.6 Å². The summed E-state index contributed by atoms with van der Waals surface area (Å²) in [6.45, 7) is 4.36. The van der Waals surface area contributed by atoms with Gasteiger partial charge in [0.1, 0.15) is 6.04 Å². The molecule has 0 radical (unpaired) electrons. The highest BCUT2D eigenvalue weighted by Crippen LogP contribution is 2.19. The lowest BCUT2D eigenvalue weighted by Gasteiger charge is -2.31. The van der Waals surface area contributed by atoms with E-state index in [-0.39, 0.29) is 24.8 Å². The van der Waals surface area contributed by atoms with E-state index < -0.39 is 16.1 Å². The molecule has 0 aliphatic heterocycles. The number of sulfonamides is 1. The number of nitrogens with one attached hydrogen (secondary N) is 1. The Hall–Kier alpha value is -2.87. The lowest BCUT2D eigenvalue weighted by molar-refractivity contribution is -0.141. The summed E-state index contributed by atoms with van der Waals surface area (Å²) in [6.07, 6.45) is 2.12. The summed E-state index contributed by atoms with van der Waals surface area (Å²) in [6, 6.07) is 16.1. The molecule has 0 saturated carbocycles. The minimum Gasteiger partial charge on any atom is -0.357 e. The normalized spacial score (nSPS) is 12.1. The second-order valence-electron chi connectivity index (χ2n) is 7.82. The molecule has 0 aliphatic rings. The summed E-state index contributed by atoms with van der Waals surface area (Å²) in [5, 5.41) is 2.64. The first-order valence-corrected chi connectivity index (χ1v) is 12.6. The van der Waals surface area contributed by atoms with Gasteiger partial charge in [0.15, 0.2) is 0 Å². The monoisotopic (exact) mass is 459 g/mol. The molecular formula is C24H33N3O4S. The molecular weight excluding hydrogens is 426 g/mol. The highest BCUT2D eigenvalue weighted by atomic mass is 32.2. The van der Waals surface area contributed by atoms with Gasteiger partial charge in [0.2, 0.25) is 21.8 Å². The van der Waals surface area contributed by atoms with Gasteiger partial charge in [-0.2, -0.15) is 0 Å². The number of anilines is 1. The van der Waals surface area contributed by atoms with Crippen LogP contribution in [0.5, 0.6) is 0 Å². The Labute approximate surface area is 191 Å². The van der Waals surface area contributed by atoms with Crippen LogP contribution in [0.1, 0.15) is 37.3 Å². The number of rotatable bonds is 11. The minimum atomic E-state index is -3.48. The molecule has 0 fully saturated rings. The third-order valence-electron chi connectivity index (χ3n) is 5.26. The highest BCUT2D eigenvalue weighted by molar-refractivity contribution is 7.92. The molecule has 2 aromatic carbocycles. The van der Waals surface area contributed by atoms with Crippen LogP contribution in [0.4, 0.5) is 5.69 Å². The predicted octanol–water partition coefficient (Wildman–Crippen LogP) is 3.09. The quantitative estimate of drug-likeness (QED) is 0.559. The van der Waals surface area contributed by atoms with Crippen LogP contribution < -0.4 is 9.62 Å². The molecule has 0 saturated heterocycles. The third kappa shape index (κ3) is 7.09. The Morgan fingerprint density at radius 2 is 1.75 bits per heavy atom. The van der Waals surface area contributed by atoms with Gasteiger partial charge in [0, 0.05) is 26.6 Å². The van der Waals surface area contributed by atoms with Crippen LogP contribution in [0.25, 0.3) is 0 Å². The number of para-hydroxylation sites is 1. The van der Waals surface area contributed by atoms with Crippen molar-refractivity contribution >= 4 is 27.5 Å². The van der Waals surface area contributed by atoms with Gasteiger partial charge < -0.3 is 10.2 Å². The summed E-state index contributed by atoms with van der Waals surface area (Å²) in [7, 11) is -1.92. The predicted molar refractivity (Wildman–Crippen MR) is 128 cm³/mol. The molecule has 2 amide bonds. The van der Waals surface area contributed by atoms with Crippen molar-refractivity contribution in [3.63, 3.8) is 0 Å². The van der Waals surface area contributed by atoms with Gasteiger partial charge in [-0.25, -0.2) is 8.42 Å². The number of hydrogen-bond acceptors (Lipinski definition) is 4. The maximum absolute atomic E-state index is 13.2. The van der Waals surface area contributed by atoms with Crippen molar-refractivity contribution in [3.05, 3.63) is 65.7 Å². The van der Waals surface area contributed by atoms with Crippen molar-refractivity contribution in [2.75, 3.05) is 24.2 Å². The molecule has 0 spiro atoms. The van der Waals surface area contributed by atoms with E-state index in [0.717, 1.165) is 17.4 Å². The largest absolute Gasteiger partial charge is 0.357 e. The molecule has 1 atom stereocenters. The van der Waals surface area contributed by atoms with Crippen LogP contribution in [-0.4, -0.2) is 51.0 Å². The van der Waals surface area contributed by atoms with Gasteiger partial charge in [-0.15, -0.1) is 0 Å². The van der Waals surface area contributed by atoms with Gasteiger partial charge in [0.05, 0.1) is 11.9 Å². The zero-order valence-electron chi connectivity index (χ0n) is 19.2. The molecule has 8 heteroatoms. The fourth-order valence-corrected chi connectivity index (χ4v) is 4.66. The average molecular weight is 460 g/mol. The molecule has 1 N–H and O–H groups in total. The summed E-state index contributed by atoms with van der Waals surface area (Å²) >= 11 is 0. The molecule has 0 aliphatic carbocycles. The smallest absolute Gasteiger partial charge is 0.242 e. The maximum Gasteiger partial charge on any atom is 0.242 e. The van der Waals surface area contributed by atoms with Crippen LogP contribution in [0, 0.1) is 6.92 Å². The molecule has 0 heterocycles. The van der Waals surface area contributed by atoms with Crippen LogP contribution in [-0.2, 0) is 26.2 Å². The Balaban J connectivity index is 2.17. The number of benzene rings is 2. The Bertz CT molecular complexity index is 1010. The Morgan fingerprint density at radius 1 is 1.06 bits per heavy atom. The first kappa shape index (κ1) is 25.4. The topological polar surface area (TPSA) is 86.8 Å². The number of amides is 2. The number of carbonyl (C=O) groups is 2. The average Bonchev–Trinajstić information content (AvgIpc) is 2.76. The van der Waals surface area contributed by atoms with Crippen molar-refractivity contribution in [1.29, 1.82) is 0 Å². The van der Waals surface area contributed by atoms with Crippen molar-refractivity contribution in [2.45, 2.75) is 45.7 Å². The summed E-state index contributed by atoms with van der Waals surface area (Å²) in [5.41, 5.74) is 2.59. The van der Waals surface area contributed by atoms with Crippen LogP contribution >= 0.6 is 0 Å². The number of nitrogens with zero attached hydrogens (tertiary/aromatic N) is 2. The first-order chi connectivity index (χ1) is 15.2. The van der Waals surface area contributed by atoms with Crippen LogP contribution in [0.3, 0.4) is 0 Å². The highest BCUT2D eigenvalue weighted by Gasteiger charge is 2.28. The fraction of sp³-hybridized carbons (Fsp3) is 0.417. The van der Waals surface area contributed by atoms with Gasteiger partial charge in [-0.1, -0.05) is 55.0 Å². The lowest BCUT2D eigenvalue weighted by Crippen LogP contribution is -2.48. The van der Waals surface area contributed by atoms with Gasteiger partial charge >= 0.3 is 0 Å². The number of likely N-dealkylation sites (N-methyl/N-ethyl adjacent to an activating group) is 1. The SMILES string of the molecule is CCC(C(=O)NC)N(Cc1cccc(C)c1)C(=O)CCCN(c1ccccc1)S(C)(=O)=O. The number of aryl methyl sites for hydroxylation is 1. The molecule has 2 rings (SSSR count). The van der Waals surface area contributed by atoms with Gasteiger partial charge in [-0.05, 0) is 37.5 Å².